The molecule has 0 radical (unpaired) electrons. The summed E-state index contributed by atoms with van der Waals surface area (Å²) in [5.74, 6) is 0.980. The molecule has 0 fully saturated rings. The molecule has 2 N–H and O–H groups in total. The third-order valence-electron chi connectivity index (χ3n) is 2.64. The van der Waals surface area contributed by atoms with Crippen LogP contribution in [0.4, 0.5) is 0 Å². The van der Waals surface area contributed by atoms with E-state index >= 15 is 0 Å². The SMILES string of the molecule is C=C(C1=CNNN1C)c1cnc(C)n1C. The van der Waals surface area contributed by atoms with E-state index in [1.807, 2.05) is 43.0 Å². The van der Waals surface area contributed by atoms with Gasteiger partial charge in [-0.1, -0.05) is 6.58 Å². The molecule has 0 saturated carbocycles. The number of hydrogen-bond donors (Lipinski definition) is 2. The topological polar surface area (TPSA) is 45.1 Å². The average Bonchev–Trinajstić information content (AvgIpc) is 2.75. The van der Waals surface area contributed by atoms with Crippen molar-refractivity contribution in [2.75, 3.05) is 7.05 Å². The van der Waals surface area contributed by atoms with Gasteiger partial charge in [0.1, 0.15) is 5.82 Å². The predicted molar refractivity (Wildman–Crippen MR) is 59.1 cm³/mol. The molecule has 0 atom stereocenters. The lowest BCUT2D eigenvalue weighted by atomic mass is 10.1. The van der Waals surface area contributed by atoms with Crippen LogP contribution in [0.5, 0.6) is 0 Å². The van der Waals surface area contributed by atoms with E-state index in [4.69, 9.17) is 0 Å². The molecule has 2 heterocycles. The van der Waals surface area contributed by atoms with Crippen molar-refractivity contribution in [1.29, 1.82) is 0 Å². The molecular formula is C10H15N5. The Hall–Kier alpha value is -1.75. The van der Waals surface area contributed by atoms with Gasteiger partial charge in [0, 0.05) is 25.9 Å². The minimum atomic E-state index is 0.943. The summed E-state index contributed by atoms with van der Waals surface area (Å²) in [6.45, 7) is 6.05. The first-order valence-electron chi connectivity index (χ1n) is 4.74. The van der Waals surface area contributed by atoms with Crippen molar-refractivity contribution in [3.63, 3.8) is 0 Å². The van der Waals surface area contributed by atoms with Crippen LogP contribution >= 0.6 is 0 Å². The van der Waals surface area contributed by atoms with Crippen LogP contribution in [0.3, 0.4) is 0 Å². The summed E-state index contributed by atoms with van der Waals surface area (Å²) in [4.78, 5) is 4.25. The van der Waals surface area contributed by atoms with Gasteiger partial charge in [0.25, 0.3) is 0 Å². The molecular weight excluding hydrogens is 190 g/mol. The summed E-state index contributed by atoms with van der Waals surface area (Å²) in [6, 6.07) is 0. The zero-order chi connectivity index (χ0) is 11.0. The molecule has 2 rings (SSSR count). The second-order valence-electron chi connectivity index (χ2n) is 3.57. The van der Waals surface area contributed by atoms with Crippen LogP contribution in [0.1, 0.15) is 11.5 Å². The van der Waals surface area contributed by atoms with Crippen LogP contribution in [-0.4, -0.2) is 21.6 Å². The lowest BCUT2D eigenvalue weighted by Gasteiger charge is -2.17. The lowest BCUT2D eigenvalue weighted by Crippen LogP contribution is -2.34. The molecule has 15 heavy (non-hydrogen) atoms. The molecule has 5 heteroatoms. The van der Waals surface area contributed by atoms with Crippen LogP contribution in [-0.2, 0) is 7.05 Å². The Morgan fingerprint density at radius 3 is 2.67 bits per heavy atom. The zero-order valence-electron chi connectivity index (χ0n) is 9.20. The maximum atomic E-state index is 4.25. The molecule has 1 aliphatic heterocycles. The summed E-state index contributed by atoms with van der Waals surface area (Å²) in [7, 11) is 3.92. The largest absolute Gasteiger partial charge is 0.331 e. The first-order chi connectivity index (χ1) is 7.11. The molecule has 1 aromatic rings. The molecule has 1 aliphatic rings. The Morgan fingerprint density at radius 2 is 2.20 bits per heavy atom. The number of nitrogens with zero attached hydrogens (tertiary/aromatic N) is 3. The molecule has 0 saturated heterocycles. The molecule has 80 valence electrons. The van der Waals surface area contributed by atoms with Crippen molar-refractivity contribution in [3.05, 3.63) is 36.2 Å². The Balaban J connectivity index is 2.32. The van der Waals surface area contributed by atoms with Gasteiger partial charge < -0.3 is 9.99 Å². The van der Waals surface area contributed by atoms with E-state index in [-0.39, 0.29) is 0 Å². The number of hydrazine groups is 2. The number of aryl methyl sites for hydroxylation is 1. The highest BCUT2D eigenvalue weighted by molar-refractivity contribution is 5.74. The third kappa shape index (κ3) is 1.50. The maximum Gasteiger partial charge on any atom is 0.105 e. The van der Waals surface area contributed by atoms with E-state index < -0.39 is 0 Å². The van der Waals surface area contributed by atoms with Gasteiger partial charge in [-0.2, -0.15) is 0 Å². The van der Waals surface area contributed by atoms with E-state index in [1.165, 1.54) is 0 Å². The minimum absolute atomic E-state index is 0.943. The average molecular weight is 205 g/mol. The van der Waals surface area contributed by atoms with E-state index in [9.17, 15) is 0 Å². The number of rotatable bonds is 2. The van der Waals surface area contributed by atoms with Crippen LogP contribution < -0.4 is 11.0 Å². The molecule has 0 spiro atoms. The Kier molecular flexibility index (Phi) is 2.24. The monoisotopic (exact) mass is 205 g/mol. The van der Waals surface area contributed by atoms with Gasteiger partial charge in [-0.3, -0.25) is 5.01 Å². The van der Waals surface area contributed by atoms with Crippen LogP contribution in [0, 0.1) is 6.92 Å². The Labute approximate surface area is 89.0 Å². The predicted octanol–water partition coefficient (Wildman–Crippen LogP) is 0.538. The number of likely N-dealkylation sites (N-methyl/N-ethyl adjacent to an activating group) is 1. The lowest BCUT2D eigenvalue weighted by molar-refractivity contribution is 0.316. The molecule has 0 bridgehead atoms. The van der Waals surface area contributed by atoms with E-state index in [2.05, 4.69) is 22.5 Å². The van der Waals surface area contributed by atoms with E-state index in [0.717, 1.165) is 22.8 Å². The van der Waals surface area contributed by atoms with Crippen LogP contribution in [0.25, 0.3) is 5.57 Å². The van der Waals surface area contributed by atoms with Crippen molar-refractivity contribution >= 4 is 5.57 Å². The maximum absolute atomic E-state index is 4.25. The van der Waals surface area contributed by atoms with Crippen molar-refractivity contribution < 1.29 is 0 Å². The normalized spacial score (nSPS) is 15.1. The zero-order valence-corrected chi connectivity index (χ0v) is 9.20. The van der Waals surface area contributed by atoms with Crippen LogP contribution in [0.2, 0.25) is 0 Å². The molecule has 0 aliphatic carbocycles. The minimum Gasteiger partial charge on any atom is -0.331 e. The second-order valence-corrected chi connectivity index (χ2v) is 3.57. The van der Waals surface area contributed by atoms with Gasteiger partial charge >= 0.3 is 0 Å². The van der Waals surface area contributed by atoms with Crippen molar-refractivity contribution in [2.24, 2.45) is 7.05 Å². The number of aromatic nitrogens is 2. The van der Waals surface area contributed by atoms with Crippen LogP contribution in [0.15, 0.2) is 24.7 Å². The summed E-state index contributed by atoms with van der Waals surface area (Å²) in [6.07, 6.45) is 3.72. The highest BCUT2D eigenvalue weighted by Gasteiger charge is 2.17. The standard InChI is InChI=1S/C10H15N5/c1-7(10-6-12-13-15(10)4)9-5-11-8(2)14(9)3/h5-6,12-13H,1H2,2-4H3. The summed E-state index contributed by atoms with van der Waals surface area (Å²) in [5.41, 5.74) is 8.85. The highest BCUT2D eigenvalue weighted by Crippen LogP contribution is 2.23. The first kappa shape index (κ1) is 9.79. The van der Waals surface area contributed by atoms with Gasteiger partial charge in [-0.25, -0.2) is 4.98 Å². The molecule has 0 amide bonds. The number of hydrogen-bond acceptors (Lipinski definition) is 4. The van der Waals surface area contributed by atoms with Gasteiger partial charge in [0.15, 0.2) is 0 Å². The molecule has 5 nitrogen and oxygen atoms in total. The quantitative estimate of drug-likeness (QED) is 0.739. The van der Waals surface area contributed by atoms with Crippen molar-refractivity contribution in [1.82, 2.24) is 25.5 Å². The fraction of sp³-hybridized carbons (Fsp3) is 0.300. The van der Waals surface area contributed by atoms with E-state index in [1.54, 1.807) is 0 Å². The molecule has 0 aromatic carbocycles. The molecule has 0 unspecified atom stereocenters. The smallest absolute Gasteiger partial charge is 0.105 e. The van der Waals surface area contributed by atoms with Gasteiger partial charge in [-0.15, -0.1) is 5.53 Å². The Bertz CT molecular complexity index is 429. The van der Waals surface area contributed by atoms with Gasteiger partial charge in [0.2, 0.25) is 0 Å². The summed E-state index contributed by atoms with van der Waals surface area (Å²) >= 11 is 0. The third-order valence-corrected chi connectivity index (χ3v) is 2.64. The fourth-order valence-electron chi connectivity index (χ4n) is 1.56. The number of nitrogens with one attached hydrogen (secondary N) is 2. The van der Waals surface area contributed by atoms with E-state index in [0.29, 0.717) is 0 Å². The Morgan fingerprint density at radius 1 is 1.47 bits per heavy atom. The number of allylic oxidation sites excluding steroid dienone is 1. The fourth-order valence-corrected chi connectivity index (χ4v) is 1.56. The van der Waals surface area contributed by atoms with Gasteiger partial charge in [0.05, 0.1) is 17.6 Å². The van der Waals surface area contributed by atoms with Crippen molar-refractivity contribution in [2.45, 2.75) is 6.92 Å². The number of imidazole rings is 1. The first-order valence-corrected chi connectivity index (χ1v) is 4.74. The van der Waals surface area contributed by atoms with Crippen molar-refractivity contribution in [3.8, 4) is 0 Å². The molecule has 1 aromatic heterocycles. The van der Waals surface area contributed by atoms with Gasteiger partial charge in [-0.05, 0) is 6.92 Å². The summed E-state index contributed by atoms with van der Waals surface area (Å²) < 4.78 is 2.02. The summed E-state index contributed by atoms with van der Waals surface area (Å²) in [5, 5.41) is 1.88. The highest BCUT2D eigenvalue weighted by atomic mass is 15.7. The second kappa shape index (κ2) is 3.43.